The van der Waals surface area contributed by atoms with E-state index < -0.39 is 11.5 Å². The molecule has 0 aromatic rings. The summed E-state index contributed by atoms with van der Waals surface area (Å²) in [6.45, 7) is 10.2. The monoisotopic (exact) mass is 229 g/mol. The molecule has 0 fully saturated rings. The first kappa shape index (κ1) is 15.4. The van der Waals surface area contributed by atoms with Crippen LogP contribution in [-0.2, 0) is 4.79 Å². The van der Waals surface area contributed by atoms with E-state index >= 15 is 0 Å². The van der Waals surface area contributed by atoms with E-state index in [0.717, 1.165) is 19.3 Å². The number of carboxylic acids is 1. The molecule has 0 aliphatic rings. The van der Waals surface area contributed by atoms with Crippen LogP contribution in [0.2, 0.25) is 0 Å². The van der Waals surface area contributed by atoms with Gasteiger partial charge in [-0.2, -0.15) is 0 Å². The molecule has 0 saturated carbocycles. The minimum absolute atomic E-state index is 0.262. The maximum atomic E-state index is 11.3. The Morgan fingerprint density at radius 3 is 2.25 bits per heavy atom. The Morgan fingerprint density at radius 1 is 1.31 bits per heavy atom. The average molecular weight is 229 g/mol. The molecule has 2 unspecified atom stereocenters. The van der Waals surface area contributed by atoms with Crippen molar-refractivity contribution in [2.75, 3.05) is 0 Å². The SMILES string of the molecule is CCCC(C)NC(C)(CCC(C)C)C(=O)O. The van der Waals surface area contributed by atoms with Crippen LogP contribution in [0.15, 0.2) is 0 Å². The molecule has 0 aliphatic carbocycles. The van der Waals surface area contributed by atoms with Crippen LogP contribution in [0.1, 0.15) is 60.3 Å². The zero-order valence-electron chi connectivity index (χ0n) is 11.3. The first-order chi connectivity index (χ1) is 7.31. The van der Waals surface area contributed by atoms with Gasteiger partial charge >= 0.3 is 5.97 Å². The van der Waals surface area contributed by atoms with Crippen molar-refractivity contribution in [3.05, 3.63) is 0 Å². The minimum Gasteiger partial charge on any atom is -0.480 e. The van der Waals surface area contributed by atoms with Gasteiger partial charge in [0, 0.05) is 6.04 Å². The van der Waals surface area contributed by atoms with Gasteiger partial charge in [0.25, 0.3) is 0 Å². The summed E-state index contributed by atoms with van der Waals surface area (Å²) < 4.78 is 0. The number of hydrogen-bond acceptors (Lipinski definition) is 2. The van der Waals surface area contributed by atoms with E-state index in [1.165, 1.54) is 0 Å². The molecular formula is C13H27NO2. The summed E-state index contributed by atoms with van der Waals surface area (Å²) in [6.07, 6.45) is 3.72. The van der Waals surface area contributed by atoms with Gasteiger partial charge in [0.05, 0.1) is 0 Å². The molecule has 3 nitrogen and oxygen atoms in total. The molecule has 0 spiro atoms. The Morgan fingerprint density at radius 2 is 1.88 bits per heavy atom. The third kappa shape index (κ3) is 5.50. The summed E-state index contributed by atoms with van der Waals surface area (Å²) in [5.74, 6) is -0.196. The van der Waals surface area contributed by atoms with E-state index in [-0.39, 0.29) is 6.04 Å². The van der Waals surface area contributed by atoms with Crippen molar-refractivity contribution in [3.63, 3.8) is 0 Å². The summed E-state index contributed by atoms with van der Waals surface area (Å²) in [7, 11) is 0. The van der Waals surface area contributed by atoms with Crippen molar-refractivity contribution in [1.82, 2.24) is 5.32 Å². The van der Waals surface area contributed by atoms with Crippen LogP contribution in [0.5, 0.6) is 0 Å². The third-order valence-electron chi connectivity index (χ3n) is 2.98. The quantitative estimate of drug-likeness (QED) is 0.672. The second-order valence-electron chi connectivity index (χ2n) is 5.40. The van der Waals surface area contributed by atoms with Gasteiger partial charge in [-0.1, -0.05) is 27.2 Å². The van der Waals surface area contributed by atoms with Crippen LogP contribution in [0.3, 0.4) is 0 Å². The van der Waals surface area contributed by atoms with Gasteiger partial charge in [0.1, 0.15) is 5.54 Å². The van der Waals surface area contributed by atoms with E-state index in [9.17, 15) is 9.90 Å². The van der Waals surface area contributed by atoms with Crippen LogP contribution in [-0.4, -0.2) is 22.7 Å². The zero-order chi connectivity index (χ0) is 12.8. The molecule has 16 heavy (non-hydrogen) atoms. The van der Waals surface area contributed by atoms with Crippen molar-refractivity contribution in [3.8, 4) is 0 Å². The molecule has 0 rings (SSSR count). The maximum absolute atomic E-state index is 11.3. The van der Waals surface area contributed by atoms with Gasteiger partial charge in [-0.05, 0) is 39.0 Å². The molecule has 0 heterocycles. The number of carboxylic acid groups (broad SMARTS) is 1. The van der Waals surface area contributed by atoms with Crippen molar-refractivity contribution >= 4 is 5.97 Å². The zero-order valence-corrected chi connectivity index (χ0v) is 11.3. The molecule has 0 aromatic carbocycles. The van der Waals surface area contributed by atoms with Gasteiger partial charge in [-0.25, -0.2) is 0 Å². The topological polar surface area (TPSA) is 49.3 Å². The van der Waals surface area contributed by atoms with Crippen LogP contribution in [0.4, 0.5) is 0 Å². The average Bonchev–Trinajstić information content (AvgIpc) is 2.14. The van der Waals surface area contributed by atoms with Crippen LogP contribution >= 0.6 is 0 Å². The van der Waals surface area contributed by atoms with Gasteiger partial charge in [0.2, 0.25) is 0 Å². The molecular weight excluding hydrogens is 202 g/mol. The van der Waals surface area contributed by atoms with Crippen molar-refractivity contribution in [1.29, 1.82) is 0 Å². The standard InChI is InChI=1S/C13H27NO2/c1-6-7-11(4)14-13(5,12(15)16)9-8-10(2)3/h10-11,14H,6-9H2,1-5H3,(H,15,16). The number of hydrogen-bond donors (Lipinski definition) is 2. The molecule has 96 valence electrons. The van der Waals surface area contributed by atoms with E-state index in [0.29, 0.717) is 12.3 Å². The van der Waals surface area contributed by atoms with Crippen molar-refractivity contribution in [2.45, 2.75) is 71.9 Å². The third-order valence-corrected chi connectivity index (χ3v) is 2.98. The smallest absolute Gasteiger partial charge is 0.323 e. The predicted molar refractivity (Wildman–Crippen MR) is 67.6 cm³/mol. The molecule has 0 amide bonds. The summed E-state index contributed by atoms with van der Waals surface area (Å²) in [6, 6.07) is 0.262. The fourth-order valence-corrected chi connectivity index (χ4v) is 1.87. The summed E-state index contributed by atoms with van der Waals surface area (Å²) in [5.41, 5.74) is -0.779. The molecule has 0 saturated heterocycles. The van der Waals surface area contributed by atoms with Crippen molar-refractivity contribution < 1.29 is 9.90 Å². The normalized spacial score (nSPS) is 17.1. The van der Waals surface area contributed by atoms with E-state index in [2.05, 4.69) is 33.0 Å². The van der Waals surface area contributed by atoms with Gasteiger partial charge in [0.15, 0.2) is 0 Å². The molecule has 0 aliphatic heterocycles. The Balaban J connectivity index is 4.38. The lowest BCUT2D eigenvalue weighted by Crippen LogP contribution is -2.53. The summed E-state index contributed by atoms with van der Waals surface area (Å²) in [5, 5.41) is 12.5. The molecule has 3 heteroatoms. The first-order valence-electron chi connectivity index (χ1n) is 6.33. The summed E-state index contributed by atoms with van der Waals surface area (Å²) >= 11 is 0. The Hall–Kier alpha value is -0.570. The molecule has 0 aromatic heterocycles. The second-order valence-corrected chi connectivity index (χ2v) is 5.40. The van der Waals surface area contributed by atoms with Crippen LogP contribution in [0, 0.1) is 5.92 Å². The van der Waals surface area contributed by atoms with Crippen molar-refractivity contribution in [2.24, 2.45) is 5.92 Å². The fraction of sp³-hybridized carbons (Fsp3) is 0.923. The molecule has 0 radical (unpaired) electrons. The highest BCUT2D eigenvalue weighted by Gasteiger charge is 2.33. The lowest BCUT2D eigenvalue weighted by molar-refractivity contribution is -0.145. The van der Waals surface area contributed by atoms with Gasteiger partial charge < -0.3 is 5.11 Å². The number of aliphatic carboxylic acids is 1. The largest absolute Gasteiger partial charge is 0.480 e. The van der Waals surface area contributed by atoms with Gasteiger partial charge in [-0.3, -0.25) is 10.1 Å². The molecule has 0 bridgehead atoms. The highest BCUT2D eigenvalue weighted by molar-refractivity contribution is 5.78. The highest BCUT2D eigenvalue weighted by Crippen LogP contribution is 2.18. The van der Waals surface area contributed by atoms with Crippen LogP contribution in [0.25, 0.3) is 0 Å². The maximum Gasteiger partial charge on any atom is 0.323 e. The summed E-state index contributed by atoms with van der Waals surface area (Å²) in [4.78, 5) is 11.3. The Labute approximate surface area is 99.6 Å². The minimum atomic E-state index is -0.779. The number of carbonyl (C=O) groups is 1. The predicted octanol–water partition coefficient (Wildman–Crippen LogP) is 3.04. The lowest BCUT2D eigenvalue weighted by atomic mass is 9.91. The molecule has 2 atom stereocenters. The molecule has 2 N–H and O–H groups in total. The van der Waals surface area contributed by atoms with E-state index in [4.69, 9.17) is 0 Å². The Kier molecular flexibility index (Phi) is 6.65. The second kappa shape index (κ2) is 6.89. The van der Waals surface area contributed by atoms with Crippen LogP contribution < -0.4 is 5.32 Å². The lowest BCUT2D eigenvalue weighted by Gasteiger charge is -2.30. The van der Waals surface area contributed by atoms with Gasteiger partial charge in [-0.15, -0.1) is 0 Å². The Bertz CT molecular complexity index is 216. The first-order valence-corrected chi connectivity index (χ1v) is 6.33. The highest BCUT2D eigenvalue weighted by atomic mass is 16.4. The number of rotatable bonds is 8. The number of nitrogens with one attached hydrogen (secondary N) is 1. The van der Waals surface area contributed by atoms with E-state index in [1.54, 1.807) is 6.92 Å². The van der Waals surface area contributed by atoms with E-state index in [1.807, 2.05) is 0 Å². The fourth-order valence-electron chi connectivity index (χ4n) is 1.87.